The second-order valence-corrected chi connectivity index (χ2v) is 23.3. The highest BCUT2D eigenvalue weighted by atomic mass is 35.5. The van der Waals surface area contributed by atoms with Gasteiger partial charge in [-0.15, -0.1) is 11.3 Å². The van der Waals surface area contributed by atoms with E-state index in [0.29, 0.717) is 66.9 Å². The van der Waals surface area contributed by atoms with Crippen molar-refractivity contribution in [3.63, 3.8) is 0 Å². The van der Waals surface area contributed by atoms with Gasteiger partial charge in [0.25, 0.3) is 0 Å². The molecule has 1 unspecified atom stereocenters. The lowest BCUT2D eigenvalue weighted by Crippen LogP contribution is -2.58. The Morgan fingerprint density at radius 1 is 0.962 bits per heavy atom. The zero-order valence-electron chi connectivity index (χ0n) is 45.5. The second-order valence-electron chi connectivity index (χ2n) is 22.1. The minimum absolute atomic E-state index is 0.00494. The van der Waals surface area contributed by atoms with E-state index in [1.54, 1.807) is 28.4 Å². The predicted octanol–water partition coefficient (Wildman–Crippen LogP) is 8.08. The number of piperidine rings is 1. The van der Waals surface area contributed by atoms with E-state index in [1.165, 1.54) is 17.0 Å². The van der Waals surface area contributed by atoms with Crippen molar-refractivity contribution in [2.24, 2.45) is 11.3 Å². The van der Waals surface area contributed by atoms with Gasteiger partial charge in [0.05, 0.1) is 39.9 Å². The number of fused-ring (bicyclic) bond motifs is 2. The van der Waals surface area contributed by atoms with Crippen LogP contribution in [-0.4, -0.2) is 153 Å². The quantitative estimate of drug-likeness (QED) is 0.0639. The van der Waals surface area contributed by atoms with Crippen LogP contribution in [0.4, 0.5) is 10.2 Å². The largest absolute Gasteiger partial charge is 0.508 e. The lowest BCUT2D eigenvalue weighted by Gasteiger charge is -2.36. The summed E-state index contributed by atoms with van der Waals surface area (Å²) in [4.78, 5) is 76.2. The number of aliphatic hydroxyl groups is 1. The van der Waals surface area contributed by atoms with E-state index in [4.69, 9.17) is 26.1 Å². The Hall–Kier alpha value is -6.77. The number of nitrogens with one attached hydrogen (secondary N) is 2. The maximum atomic E-state index is 17.2. The molecule has 3 fully saturated rings. The van der Waals surface area contributed by atoms with Crippen LogP contribution in [0.2, 0.25) is 5.02 Å². The summed E-state index contributed by atoms with van der Waals surface area (Å²) in [6, 6.07) is 17.7. The van der Waals surface area contributed by atoms with E-state index < -0.39 is 47.3 Å². The number of aromatic nitrogens is 3. The molecule has 0 bridgehead atoms. The fourth-order valence-corrected chi connectivity index (χ4v) is 12.0. The first-order valence-corrected chi connectivity index (χ1v) is 28.2. The summed E-state index contributed by atoms with van der Waals surface area (Å²) >= 11 is 8.51. The Bertz CT molecular complexity index is 3230. The first-order chi connectivity index (χ1) is 37.8. The van der Waals surface area contributed by atoms with Crippen LogP contribution >= 0.6 is 22.9 Å². The van der Waals surface area contributed by atoms with E-state index >= 15 is 4.39 Å². The molecule has 4 aromatic carbocycles. The number of β-amino-alcohol motifs (C(OH)–C–C–N with tert-alkyl or cyclic N) is 1. The number of nitrogens with zero attached hydrogens (tertiary/aromatic N) is 7. The highest BCUT2D eigenvalue weighted by Gasteiger charge is 2.45. The number of likely N-dealkylation sites (tertiary alicyclic amines) is 2. The van der Waals surface area contributed by atoms with Gasteiger partial charge in [-0.05, 0) is 110 Å². The number of aliphatic hydroxyl groups excluding tert-OH is 1. The van der Waals surface area contributed by atoms with Crippen LogP contribution < -0.4 is 20.3 Å². The Kier molecular flexibility index (Phi) is 17.5. The van der Waals surface area contributed by atoms with Crippen molar-refractivity contribution in [2.45, 2.75) is 91.1 Å². The Morgan fingerprint density at radius 3 is 2.37 bits per heavy atom. The maximum Gasteiger partial charge on any atom is 0.319 e. The molecule has 6 aromatic rings. The molecule has 20 heteroatoms. The molecule has 79 heavy (non-hydrogen) atoms. The fraction of sp³-hybridized carbons (Fsp3) is 0.441. The molecular formula is C59H69ClFN9O8S. The second kappa shape index (κ2) is 24.3. The standard InChI is InChI=1S/C59H69ClFN9O8S/c1-8-49(74)68-21-23-69(24-22-68)55-45-28-46(60)50(44-26-41(71)25-40-11-9-10-12-43(40)44)51(61)52(45)65-58(66-55)78-34(2)29-67-19-17-37(18-20-67)31-77-32-48(73)64-54(59(5,6)7)57(76)70-30-42(72)27-47(70)56(75)63-35(3)38-13-15-39(16-14-38)53-36(4)62-33-79-53/h8-16,25-26,28,33-35,37,42,47,54,71-72H,1,17-24,27,29-32H2,2-7H3,(H,63,75)(H,64,73)/t34-,35?,42-,47+,54-/m1/s1. The number of carbonyl (C=O) groups is 4. The number of rotatable bonds is 17. The SMILES string of the molecule is C=CC(=O)N1CCN(c2nc(O[C@H](C)CN3CCC(COCC(=O)N[C@H](C(=O)N4C[C@H](O)C[C@H]4C(=O)NC(C)c4ccc(-c5scnc5C)cc4)C(C)(C)C)CC3)nc3c(F)c(-c4cc(O)cc5ccccc45)c(Cl)cc23)CC1. The first-order valence-electron chi connectivity index (χ1n) is 26.9. The van der Waals surface area contributed by atoms with E-state index in [-0.39, 0.29) is 71.2 Å². The molecule has 418 valence electrons. The third-order valence-corrected chi connectivity index (χ3v) is 16.5. The van der Waals surface area contributed by atoms with E-state index in [2.05, 4.69) is 32.1 Å². The van der Waals surface area contributed by atoms with Crippen molar-refractivity contribution in [3.05, 3.63) is 107 Å². The van der Waals surface area contributed by atoms with Crippen LogP contribution in [0.25, 0.3) is 43.2 Å². The van der Waals surface area contributed by atoms with Gasteiger partial charge in [0.2, 0.25) is 23.6 Å². The number of hydrogen-bond donors (Lipinski definition) is 4. The fourth-order valence-electron chi connectivity index (χ4n) is 10.9. The average Bonchev–Trinajstić information content (AvgIpc) is 4.23. The van der Waals surface area contributed by atoms with Crippen LogP contribution in [0.15, 0.2) is 84.9 Å². The molecule has 0 radical (unpaired) electrons. The van der Waals surface area contributed by atoms with Crippen molar-refractivity contribution in [1.29, 1.82) is 0 Å². The van der Waals surface area contributed by atoms with Gasteiger partial charge in [-0.1, -0.05) is 87.5 Å². The smallest absolute Gasteiger partial charge is 0.319 e. The first kappa shape index (κ1) is 56.9. The van der Waals surface area contributed by atoms with Gasteiger partial charge in [-0.3, -0.25) is 24.1 Å². The minimum atomic E-state index is -0.992. The minimum Gasteiger partial charge on any atom is -0.508 e. The summed E-state index contributed by atoms with van der Waals surface area (Å²) in [5.41, 5.74) is 4.47. The Balaban J connectivity index is 0.790. The van der Waals surface area contributed by atoms with E-state index in [9.17, 15) is 29.4 Å². The number of anilines is 1. The molecule has 3 aliphatic rings. The molecule has 0 aliphatic carbocycles. The number of ether oxygens (including phenoxy) is 2. The van der Waals surface area contributed by atoms with Crippen LogP contribution in [-0.2, 0) is 23.9 Å². The monoisotopic (exact) mass is 1120 g/mol. The number of phenols is 1. The molecular weight excluding hydrogens is 1050 g/mol. The van der Waals surface area contributed by atoms with Crippen molar-refractivity contribution >= 4 is 74.1 Å². The number of benzene rings is 4. The van der Waals surface area contributed by atoms with Crippen LogP contribution in [0.3, 0.4) is 0 Å². The lowest BCUT2D eigenvalue weighted by atomic mass is 9.85. The maximum absolute atomic E-state index is 17.2. The number of carbonyl (C=O) groups excluding carboxylic acids is 4. The van der Waals surface area contributed by atoms with Gasteiger partial charge < -0.3 is 45.0 Å². The molecule has 9 rings (SSSR count). The van der Waals surface area contributed by atoms with Gasteiger partial charge >= 0.3 is 6.01 Å². The molecule has 2 aromatic heterocycles. The number of hydrogen-bond acceptors (Lipinski definition) is 14. The normalized spacial score (nSPS) is 18.6. The van der Waals surface area contributed by atoms with Gasteiger partial charge in [-0.25, -0.2) is 9.37 Å². The van der Waals surface area contributed by atoms with Gasteiger partial charge in [0.1, 0.15) is 41.9 Å². The number of halogens is 2. The Morgan fingerprint density at radius 2 is 1.68 bits per heavy atom. The third kappa shape index (κ3) is 13.0. The molecule has 4 N–H and O–H groups in total. The number of piperazine rings is 1. The number of amides is 4. The molecule has 3 aliphatic heterocycles. The highest BCUT2D eigenvalue weighted by molar-refractivity contribution is 7.13. The summed E-state index contributed by atoms with van der Waals surface area (Å²) in [5.74, 6) is -1.59. The molecule has 5 atom stereocenters. The lowest BCUT2D eigenvalue weighted by molar-refractivity contribution is -0.144. The summed E-state index contributed by atoms with van der Waals surface area (Å²) in [7, 11) is 0. The molecule has 5 heterocycles. The van der Waals surface area contributed by atoms with Crippen LogP contribution in [0.1, 0.15) is 71.2 Å². The van der Waals surface area contributed by atoms with Crippen LogP contribution in [0.5, 0.6) is 11.8 Å². The van der Waals surface area contributed by atoms with Crippen molar-refractivity contribution in [2.75, 3.05) is 70.5 Å². The molecule has 0 spiro atoms. The van der Waals surface area contributed by atoms with Crippen molar-refractivity contribution in [1.82, 2.24) is 40.3 Å². The Labute approximate surface area is 468 Å². The molecule has 3 saturated heterocycles. The van der Waals surface area contributed by atoms with Crippen molar-refractivity contribution in [3.8, 4) is 33.3 Å². The summed E-state index contributed by atoms with van der Waals surface area (Å²) in [5, 5.41) is 29.3. The zero-order chi connectivity index (χ0) is 56.3. The van der Waals surface area contributed by atoms with Gasteiger partial charge in [-0.2, -0.15) is 9.97 Å². The van der Waals surface area contributed by atoms with E-state index in [1.807, 2.05) is 100 Å². The summed E-state index contributed by atoms with van der Waals surface area (Å²) < 4.78 is 29.6. The van der Waals surface area contributed by atoms with Crippen molar-refractivity contribution < 1.29 is 43.3 Å². The topological polar surface area (TPSA) is 203 Å². The molecule has 0 saturated carbocycles. The van der Waals surface area contributed by atoms with Gasteiger partial charge in [0, 0.05) is 56.6 Å². The number of thiazole rings is 1. The van der Waals surface area contributed by atoms with Crippen LogP contribution in [0, 0.1) is 24.1 Å². The molecule has 4 amide bonds. The number of aromatic hydroxyl groups is 1. The van der Waals surface area contributed by atoms with Gasteiger partial charge in [0.15, 0.2) is 5.82 Å². The number of aryl methyl sites for hydroxylation is 1. The molecule has 17 nitrogen and oxygen atoms in total. The van der Waals surface area contributed by atoms with E-state index in [0.717, 1.165) is 47.6 Å². The number of phenolic OH excluding ortho intramolecular Hbond substituents is 1. The third-order valence-electron chi connectivity index (χ3n) is 15.2. The predicted molar refractivity (Wildman–Crippen MR) is 305 cm³/mol. The summed E-state index contributed by atoms with van der Waals surface area (Å²) in [6.45, 7) is 18.6. The average molecular weight is 1120 g/mol. The highest BCUT2D eigenvalue weighted by Crippen LogP contribution is 2.43. The summed E-state index contributed by atoms with van der Waals surface area (Å²) in [6.07, 6.45) is 1.64. The zero-order valence-corrected chi connectivity index (χ0v) is 47.1.